The number of nitrogens with zero attached hydrogens (tertiary/aromatic N) is 1. The topological polar surface area (TPSA) is 89.5 Å². The first-order chi connectivity index (χ1) is 14.1. The lowest BCUT2D eigenvalue weighted by Crippen LogP contribution is -2.42. The SMILES string of the molecule is O=C(Cc1cc(Cl)c2c(c1)OCCCO2)NNC(=O)c1ccc2ccccc2n1. The second-order valence-corrected chi connectivity index (χ2v) is 6.93. The molecular formula is C21H18ClN3O4. The van der Waals surface area contributed by atoms with E-state index in [1.165, 1.54) is 0 Å². The largest absolute Gasteiger partial charge is 0.489 e. The quantitative estimate of drug-likeness (QED) is 0.646. The number of hydrazine groups is 1. The molecule has 1 aromatic heterocycles. The van der Waals surface area contributed by atoms with Crippen molar-refractivity contribution in [2.45, 2.75) is 12.8 Å². The first kappa shape index (κ1) is 19.0. The number of amides is 2. The van der Waals surface area contributed by atoms with Crippen LogP contribution in [-0.2, 0) is 11.2 Å². The maximum atomic E-state index is 12.3. The zero-order valence-corrected chi connectivity index (χ0v) is 16.2. The Bertz CT molecular complexity index is 1090. The van der Waals surface area contributed by atoms with Gasteiger partial charge in [0.2, 0.25) is 5.91 Å². The normalized spacial score (nSPS) is 12.9. The van der Waals surface area contributed by atoms with Gasteiger partial charge in [0.05, 0.1) is 30.2 Å². The van der Waals surface area contributed by atoms with E-state index in [1.54, 1.807) is 24.3 Å². The van der Waals surface area contributed by atoms with E-state index in [9.17, 15) is 9.59 Å². The number of carbonyl (C=O) groups is 2. The molecule has 0 radical (unpaired) electrons. The average Bonchev–Trinajstić information content (AvgIpc) is 2.97. The van der Waals surface area contributed by atoms with E-state index in [4.69, 9.17) is 21.1 Å². The van der Waals surface area contributed by atoms with Gasteiger partial charge in [-0.25, -0.2) is 4.98 Å². The third-order valence-electron chi connectivity index (χ3n) is 4.37. The van der Waals surface area contributed by atoms with Crippen LogP contribution >= 0.6 is 11.6 Å². The molecule has 8 heteroatoms. The van der Waals surface area contributed by atoms with Crippen LogP contribution in [-0.4, -0.2) is 30.0 Å². The molecule has 0 atom stereocenters. The van der Waals surface area contributed by atoms with Crippen LogP contribution in [0, 0.1) is 0 Å². The third kappa shape index (κ3) is 4.41. The van der Waals surface area contributed by atoms with E-state index in [0.29, 0.717) is 40.8 Å². The van der Waals surface area contributed by atoms with Crippen LogP contribution in [0.5, 0.6) is 11.5 Å². The fraction of sp³-hybridized carbons (Fsp3) is 0.190. The van der Waals surface area contributed by atoms with E-state index >= 15 is 0 Å². The summed E-state index contributed by atoms with van der Waals surface area (Å²) in [6, 6.07) is 14.3. The number of pyridine rings is 1. The molecule has 1 aliphatic rings. The van der Waals surface area contributed by atoms with Gasteiger partial charge >= 0.3 is 0 Å². The fourth-order valence-corrected chi connectivity index (χ4v) is 3.29. The predicted molar refractivity (Wildman–Crippen MR) is 108 cm³/mol. The number of rotatable bonds is 3. The molecule has 0 fully saturated rings. The van der Waals surface area contributed by atoms with Crippen molar-refractivity contribution >= 4 is 34.3 Å². The van der Waals surface area contributed by atoms with Crippen molar-refractivity contribution in [1.82, 2.24) is 15.8 Å². The number of halogens is 1. The Balaban J connectivity index is 1.39. The van der Waals surface area contributed by atoms with Crippen LogP contribution in [0.25, 0.3) is 10.9 Å². The smallest absolute Gasteiger partial charge is 0.288 e. The van der Waals surface area contributed by atoms with Crippen molar-refractivity contribution in [3.63, 3.8) is 0 Å². The summed E-state index contributed by atoms with van der Waals surface area (Å²) in [5.74, 6) is 0.108. The van der Waals surface area contributed by atoms with E-state index in [-0.39, 0.29) is 12.1 Å². The van der Waals surface area contributed by atoms with Gasteiger partial charge in [-0.15, -0.1) is 0 Å². The van der Waals surface area contributed by atoms with Crippen LogP contribution in [0.4, 0.5) is 0 Å². The summed E-state index contributed by atoms with van der Waals surface area (Å²) in [6.07, 6.45) is 0.775. The summed E-state index contributed by atoms with van der Waals surface area (Å²) in [4.78, 5) is 28.8. The molecule has 0 saturated carbocycles. The lowest BCUT2D eigenvalue weighted by atomic mass is 10.1. The Hall–Kier alpha value is -3.32. The minimum absolute atomic E-state index is 0.0157. The number of hydrogen-bond acceptors (Lipinski definition) is 5. The van der Waals surface area contributed by atoms with Gasteiger partial charge in [-0.2, -0.15) is 0 Å². The lowest BCUT2D eigenvalue weighted by molar-refractivity contribution is -0.121. The first-order valence-electron chi connectivity index (χ1n) is 9.13. The van der Waals surface area contributed by atoms with Gasteiger partial charge in [0.15, 0.2) is 11.5 Å². The van der Waals surface area contributed by atoms with Crippen molar-refractivity contribution in [2.24, 2.45) is 0 Å². The molecule has 2 amide bonds. The summed E-state index contributed by atoms with van der Waals surface area (Å²) in [6.45, 7) is 1.05. The lowest BCUT2D eigenvalue weighted by Gasteiger charge is -2.12. The van der Waals surface area contributed by atoms with Gasteiger partial charge < -0.3 is 9.47 Å². The molecule has 1 aliphatic heterocycles. The maximum Gasteiger partial charge on any atom is 0.288 e. The van der Waals surface area contributed by atoms with Crippen molar-refractivity contribution in [1.29, 1.82) is 0 Å². The van der Waals surface area contributed by atoms with Gasteiger partial charge in [-0.3, -0.25) is 20.4 Å². The van der Waals surface area contributed by atoms with Crippen molar-refractivity contribution in [3.8, 4) is 11.5 Å². The summed E-state index contributed by atoms with van der Waals surface area (Å²) < 4.78 is 11.2. The second kappa shape index (κ2) is 8.36. The summed E-state index contributed by atoms with van der Waals surface area (Å²) >= 11 is 6.24. The van der Waals surface area contributed by atoms with E-state index in [1.807, 2.05) is 24.3 Å². The fourth-order valence-electron chi connectivity index (χ4n) is 3.00. The molecule has 2 N–H and O–H groups in total. The molecule has 0 aliphatic carbocycles. The number of benzene rings is 2. The Morgan fingerprint density at radius 3 is 2.76 bits per heavy atom. The molecule has 2 heterocycles. The molecule has 0 bridgehead atoms. The number of nitrogens with one attached hydrogen (secondary N) is 2. The molecule has 148 valence electrons. The number of ether oxygens (including phenoxy) is 2. The van der Waals surface area contributed by atoms with Crippen LogP contribution in [0.15, 0.2) is 48.5 Å². The number of hydrogen-bond donors (Lipinski definition) is 2. The summed E-state index contributed by atoms with van der Waals surface area (Å²) in [5.41, 5.74) is 6.34. The molecule has 29 heavy (non-hydrogen) atoms. The Kier molecular flexibility index (Phi) is 5.48. The number of aromatic nitrogens is 1. The molecule has 0 spiro atoms. The van der Waals surface area contributed by atoms with E-state index < -0.39 is 11.8 Å². The zero-order chi connectivity index (χ0) is 20.2. The van der Waals surface area contributed by atoms with Crippen molar-refractivity contribution in [2.75, 3.05) is 13.2 Å². The highest BCUT2D eigenvalue weighted by atomic mass is 35.5. The number of carbonyl (C=O) groups excluding carboxylic acids is 2. The van der Waals surface area contributed by atoms with E-state index in [0.717, 1.165) is 11.8 Å². The van der Waals surface area contributed by atoms with Crippen molar-refractivity contribution < 1.29 is 19.1 Å². The molecule has 3 aromatic rings. The van der Waals surface area contributed by atoms with E-state index in [2.05, 4.69) is 15.8 Å². The Morgan fingerprint density at radius 1 is 1.03 bits per heavy atom. The monoisotopic (exact) mass is 411 g/mol. The van der Waals surface area contributed by atoms with Gasteiger partial charge in [0, 0.05) is 11.8 Å². The minimum atomic E-state index is -0.499. The van der Waals surface area contributed by atoms with Gasteiger partial charge in [0.1, 0.15) is 5.69 Å². The Morgan fingerprint density at radius 2 is 1.86 bits per heavy atom. The molecule has 0 unspecified atom stereocenters. The maximum absolute atomic E-state index is 12.3. The second-order valence-electron chi connectivity index (χ2n) is 6.52. The van der Waals surface area contributed by atoms with Crippen LogP contribution in [0.1, 0.15) is 22.5 Å². The van der Waals surface area contributed by atoms with Crippen LogP contribution < -0.4 is 20.3 Å². The van der Waals surface area contributed by atoms with Gasteiger partial charge in [0.25, 0.3) is 5.91 Å². The number of para-hydroxylation sites is 1. The Labute approximate surface area is 171 Å². The highest BCUT2D eigenvalue weighted by molar-refractivity contribution is 6.32. The first-order valence-corrected chi connectivity index (χ1v) is 9.51. The summed E-state index contributed by atoms with van der Waals surface area (Å²) in [7, 11) is 0. The van der Waals surface area contributed by atoms with Crippen LogP contribution in [0.2, 0.25) is 5.02 Å². The average molecular weight is 412 g/mol. The molecule has 4 rings (SSSR count). The van der Waals surface area contributed by atoms with Gasteiger partial charge in [-0.1, -0.05) is 35.9 Å². The van der Waals surface area contributed by atoms with Crippen molar-refractivity contribution in [3.05, 3.63) is 64.8 Å². The molecule has 2 aromatic carbocycles. The predicted octanol–water partition coefficient (Wildman–Crippen LogP) is 3.05. The highest BCUT2D eigenvalue weighted by Crippen LogP contribution is 2.38. The highest BCUT2D eigenvalue weighted by Gasteiger charge is 2.17. The molecule has 7 nitrogen and oxygen atoms in total. The summed E-state index contributed by atoms with van der Waals surface area (Å²) in [5, 5.41) is 1.32. The third-order valence-corrected chi connectivity index (χ3v) is 4.65. The number of fused-ring (bicyclic) bond motifs is 2. The molecular weight excluding hydrogens is 394 g/mol. The minimum Gasteiger partial charge on any atom is -0.489 e. The zero-order valence-electron chi connectivity index (χ0n) is 15.4. The van der Waals surface area contributed by atoms with Crippen LogP contribution in [0.3, 0.4) is 0 Å². The molecule has 0 saturated heterocycles. The standard InChI is InChI=1S/C21H18ClN3O4/c22-15-10-13(11-18-20(15)29-9-3-8-28-18)12-19(26)24-25-21(27)17-7-6-14-4-1-2-5-16(14)23-17/h1-2,4-7,10-11H,3,8-9,12H2,(H,24,26)(H,25,27). The van der Waals surface area contributed by atoms with Gasteiger partial charge in [-0.05, 0) is 29.8 Å².